The minimum absolute atomic E-state index is 0.229. The van der Waals surface area contributed by atoms with Crippen LogP contribution in [0.1, 0.15) is 51.7 Å². The molecule has 0 radical (unpaired) electrons. The van der Waals surface area contributed by atoms with Gasteiger partial charge >= 0.3 is 0 Å². The van der Waals surface area contributed by atoms with Crippen LogP contribution >= 0.6 is 11.3 Å². The molecule has 0 atom stereocenters. The van der Waals surface area contributed by atoms with Crippen LogP contribution in [-0.2, 0) is 10.8 Å². The van der Waals surface area contributed by atoms with E-state index in [4.69, 9.17) is 0 Å². The minimum atomic E-state index is 0.229. The maximum Gasteiger partial charge on any atom is 0.142 e. The van der Waals surface area contributed by atoms with E-state index in [1.807, 2.05) is 11.3 Å². The number of fused-ring (bicyclic) bond motifs is 4. The molecule has 0 unspecified atom stereocenters. The van der Waals surface area contributed by atoms with Gasteiger partial charge < -0.3 is 5.32 Å². The van der Waals surface area contributed by atoms with E-state index in [0.29, 0.717) is 0 Å². The molecule has 1 N–H and O–H groups in total. The van der Waals surface area contributed by atoms with E-state index in [1.54, 1.807) is 0 Å². The summed E-state index contributed by atoms with van der Waals surface area (Å²) in [4.78, 5) is 0. The molecule has 3 aromatic carbocycles. The molecule has 1 aliphatic carbocycles. The molecule has 1 heterocycles. The number of nitrogens with one attached hydrogen (secondary N) is 1. The molecular formula is C26H28BNS. The molecule has 4 aromatic rings. The van der Waals surface area contributed by atoms with Crippen molar-refractivity contribution >= 4 is 56.2 Å². The van der Waals surface area contributed by atoms with E-state index in [-0.39, 0.29) is 10.8 Å². The van der Waals surface area contributed by atoms with Crippen LogP contribution in [0.2, 0.25) is 0 Å². The first-order valence-corrected chi connectivity index (χ1v) is 11.4. The standard InChI is InChI=1S/C26H28BNS/c1-25(2)11-12-26(3,4)20-13-16(9-10-19(20)25)28-22-15-24-18(14-21(22)27)17-7-5-6-8-23(17)29-24/h5-10,13-15,28H,11-12,27H2,1-4H3. The number of hydrogen-bond donors (Lipinski definition) is 1. The maximum atomic E-state index is 3.73. The smallest absolute Gasteiger partial charge is 0.142 e. The van der Waals surface area contributed by atoms with Crippen LogP contribution in [0, 0.1) is 0 Å². The Morgan fingerprint density at radius 1 is 0.793 bits per heavy atom. The summed E-state index contributed by atoms with van der Waals surface area (Å²) in [6.07, 6.45) is 2.49. The average molecular weight is 397 g/mol. The van der Waals surface area contributed by atoms with Crippen LogP contribution < -0.4 is 10.8 Å². The van der Waals surface area contributed by atoms with Gasteiger partial charge in [0.2, 0.25) is 0 Å². The highest BCUT2D eigenvalue weighted by atomic mass is 32.1. The first kappa shape index (κ1) is 18.8. The third kappa shape index (κ3) is 3.07. The van der Waals surface area contributed by atoms with Crippen molar-refractivity contribution < 1.29 is 0 Å². The van der Waals surface area contributed by atoms with Crippen LogP contribution in [-0.4, -0.2) is 7.85 Å². The van der Waals surface area contributed by atoms with Crippen LogP contribution in [0.4, 0.5) is 11.4 Å². The summed E-state index contributed by atoms with van der Waals surface area (Å²) in [6, 6.07) is 20.4. The molecule has 1 nitrogen and oxygen atoms in total. The van der Waals surface area contributed by atoms with Gasteiger partial charge in [-0.2, -0.15) is 0 Å². The summed E-state index contributed by atoms with van der Waals surface area (Å²) in [5.41, 5.74) is 7.19. The fourth-order valence-corrected chi connectivity index (χ4v) is 5.96. The number of thiophene rings is 1. The van der Waals surface area contributed by atoms with Crippen LogP contribution in [0.15, 0.2) is 54.6 Å². The average Bonchev–Trinajstić information content (AvgIpc) is 3.03. The van der Waals surface area contributed by atoms with Gasteiger partial charge in [-0.15, -0.1) is 11.3 Å². The normalized spacial score (nSPS) is 17.4. The van der Waals surface area contributed by atoms with Crippen molar-refractivity contribution in [2.24, 2.45) is 0 Å². The zero-order valence-corrected chi connectivity index (χ0v) is 18.8. The lowest BCUT2D eigenvalue weighted by atomic mass is 9.63. The topological polar surface area (TPSA) is 12.0 Å². The van der Waals surface area contributed by atoms with Gasteiger partial charge in [0.05, 0.1) is 0 Å². The first-order valence-electron chi connectivity index (χ1n) is 10.6. The molecule has 29 heavy (non-hydrogen) atoms. The second-order valence-corrected chi connectivity index (χ2v) is 11.0. The van der Waals surface area contributed by atoms with E-state index in [1.165, 1.54) is 61.0 Å². The molecule has 0 bridgehead atoms. The Bertz CT molecular complexity index is 1250. The van der Waals surface area contributed by atoms with Gasteiger partial charge in [0.1, 0.15) is 7.85 Å². The van der Waals surface area contributed by atoms with E-state index in [2.05, 4.69) is 95.5 Å². The van der Waals surface area contributed by atoms with E-state index in [0.717, 1.165) is 0 Å². The molecule has 0 aliphatic heterocycles. The van der Waals surface area contributed by atoms with Crippen molar-refractivity contribution in [3.05, 3.63) is 65.7 Å². The van der Waals surface area contributed by atoms with Crippen molar-refractivity contribution in [2.45, 2.75) is 51.4 Å². The van der Waals surface area contributed by atoms with Crippen molar-refractivity contribution in [3.63, 3.8) is 0 Å². The predicted octanol–water partition coefficient (Wildman–Crippen LogP) is 6.41. The maximum absolute atomic E-state index is 3.73. The number of hydrogen-bond acceptors (Lipinski definition) is 2. The Hall–Kier alpha value is -2.26. The van der Waals surface area contributed by atoms with Crippen LogP contribution in [0.3, 0.4) is 0 Å². The molecule has 1 aromatic heterocycles. The van der Waals surface area contributed by atoms with Gasteiger partial charge in [0.15, 0.2) is 0 Å². The second kappa shape index (κ2) is 6.37. The van der Waals surface area contributed by atoms with Crippen molar-refractivity contribution in [2.75, 3.05) is 5.32 Å². The number of rotatable bonds is 2. The van der Waals surface area contributed by atoms with Crippen molar-refractivity contribution in [3.8, 4) is 0 Å². The molecular weight excluding hydrogens is 369 g/mol. The fourth-order valence-electron chi connectivity index (χ4n) is 4.84. The van der Waals surface area contributed by atoms with Gasteiger partial charge in [-0.3, -0.25) is 0 Å². The van der Waals surface area contributed by atoms with E-state index in [9.17, 15) is 0 Å². The Morgan fingerprint density at radius 2 is 1.52 bits per heavy atom. The SMILES string of the molecule is Bc1cc2c(cc1Nc1ccc3c(c1)C(C)(C)CCC3(C)C)sc1ccccc12. The minimum Gasteiger partial charge on any atom is -0.356 e. The molecule has 5 rings (SSSR count). The lowest BCUT2D eigenvalue weighted by Gasteiger charge is -2.42. The lowest BCUT2D eigenvalue weighted by Crippen LogP contribution is -2.33. The molecule has 0 saturated heterocycles. The summed E-state index contributed by atoms with van der Waals surface area (Å²) in [6.45, 7) is 9.54. The van der Waals surface area contributed by atoms with Gasteiger partial charge in [-0.1, -0.05) is 63.5 Å². The molecule has 0 spiro atoms. The van der Waals surface area contributed by atoms with Crippen LogP contribution in [0.25, 0.3) is 20.2 Å². The zero-order valence-electron chi connectivity index (χ0n) is 18.0. The molecule has 0 fully saturated rings. The quantitative estimate of drug-likeness (QED) is 0.386. The Labute approximate surface area is 178 Å². The third-order valence-corrected chi connectivity index (χ3v) is 7.99. The highest BCUT2D eigenvalue weighted by Crippen LogP contribution is 2.46. The Balaban J connectivity index is 1.57. The van der Waals surface area contributed by atoms with E-state index < -0.39 is 0 Å². The summed E-state index contributed by atoms with van der Waals surface area (Å²) >= 11 is 1.88. The van der Waals surface area contributed by atoms with Gasteiger partial charge in [-0.25, -0.2) is 0 Å². The van der Waals surface area contributed by atoms with Gasteiger partial charge in [0.25, 0.3) is 0 Å². The lowest BCUT2D eigenvalue weighted by molar-refractivity contribution is 0.332. The predicted molar refractivity (Wildman–Crippen MR) is 133 cm³/mol. The fraction of sp³-hybridized carbons (Fsp3) is 0.308. The summed E-state index contributed by atoms with van der Waals surface area (Å²) in [7, 11) is 2.21. The van der Waals surface area contributed by atoms with E-state index >= 15 is 0 Å². The Morgan fingerprint density at radius 3 is 2.31 bits per heavy atom. The molecule has 0 saturated carbocycles. The molecule has 1 aliphatic rings. The Kier molecular flexibility index (Phi) is 4.12. The second-order valence-electron chi connectivity index (χ2n) is 9.91. The molecule has 3 heteroatoms. The first-order chi connectivity index (χ1) is 13.7. The largest absolute Gasteiger partial charge is 0.356 e. The number of benzene rings is 3. The summed E-state index contributed by atoms with van der Waals surface area (Å²) in [5.74, 6) is 0. The van der Waals surface area contributed by atoms with Crippen molar-refractivity contribution in [1.29, 1.82) is 0 Å². The summed E-state index contributed by atoms with van der Waals surface area (Å²) in [5, 5.41) is 6.45. The highest BCUT2D eigenvalue weighted by molar-refractivity contribution is 7.25. The number of anilines is 2. The summed E-state index contributed by atoms with van der Waals surface area (Å²) < 4.78 is 2.70. The van der Waals surface area contributed by atoms with Crippen molar-refractivity contribution in [1.82, 2.24) is 0 Å². The van der Waals surface area contributed by atoms with Crippen LogP contribution in [0.5, 0.6) is 0 Å². The monoisotopic (exact) mass is 397 g/mol. The molecule has 0 amide bonds. The highest BCUT2D eigenvalue weighted by Gasteiger charge is 2.36. The third-order valence-electron chi connectivity index (χ3n) is 6.86. The van der Waals surface area contributed by atoms with Gasteiger partial charge in [-0.05, 0) is 64.5 Å². The molecule has 146 valence electrons. The zero-order chi connectivity index (χ0) is 20.4. The van der Waals surface area contributed by atoms with Gasteiger partial charge in [0, 0.05) is 26.2 Å².